The van der Waals surface area contributed by atoms with E-state index in [2.05, 4.69) is 4.98 Å². The zero-order valence-electron chi connectivity index (χ0n) is 10.8. The van der Waals surface area contributed by atoms with Gasteiger partial charge in [0, 0.05) is 17.8 Å². The molecule has 0 aliphatic rings. The molecule has 0 spiro atoms. The zero-order valence-corrected chi connectivity index (χ0v) is 11.6. The van der Waals surface area contributed by atoms with Crippen LogP contribution in [0.1, 0.15) is 11.1 Å². The van der Waals surface area contributed by atoms with Gasteiger partial charge in [0.15, 0.2) is 0 Å². The molecule has 7 heteroatoms. The van der Waals surface area contributed by atoms with E-state index in [0.29, 0.717) is 21.7 Å². The number of hydrogen-bond donors (Lipinski definition) is 1. The van der Waals surface area contributed by atoms with Crippen molar-refractivity contribution in [3.8, 4) is 0 Å². The van der Waals surface area contributed by atoms with Crippen LogP contribution in [0.15, 0.2) is 41.6 Å². The van der Waals surface area contributed by atoms with E-state index in [4.69, 9.17) is 5.73 Å². The zero-order chi connectivity index (χ0) is 14.7. The number of nitro benzene ring substituents is 1. The first-order chi connectivity index (χ1) is 9.50. The standard InChI is InChI=1S/C13H13N3O3S/c1-9-10(3-2-4-12(9)16(17)18)8-20(19)13-5-6-15-7-11(13)14/h2-7H,8,14H2,1H3. The van der Waals surface area contributed by atoms with Gasteiger partial charge in [0.1, 0.15) is 0 Å². The van der Waals surface area contributed by atoms with Crippen LogP contribution >= 0.6 is 0 Å². The highest BCUT2D eigenvalue weighted by Gasteiger charge is 2.16. The van der Waals surface area contributed by atoms with Crippen LogP contribution in [-0.4, -0.2) is 14.1 Å². The fraction of sp³-hybridized carbons (Fsp3) is 0.154. The molecule has 1 unspecified atom stereocenters. The van der Waals surface area contributed by atoms with Gasteiger partial charge in [-0.3, -0.25) is 19.3 Å². The lowest BCUT2D eigenvalue weighted by molar-refractivity contribution is -0.385. The monoisotopic (exact) mass is 291 g/mol. The second-order valence-corrected chi connectivity index (χ2v) is 5.64. The SMILES string of the molecule is Cc1c(CS(=O)c2ccncc2N)cccc1[N+](=O)[O-]. The fourth-order valence-corrected chi connectivity index (χ4v) is 3.12. The lowest BCUT2D eigenvalue weighted by Crippen LogP contribution is -2.03. The van der Waals surface area contributed by atoms with Gasteiger partial charge in [-0.1, -0.05) is 12.1 Å². The number of nitrogens with two attached hydrogens (primary N) is 1. The Morgan fingerprint density at radius 2 is 2.15 bits per heavy atom. The highest BCUT2D eigenvalue weighted by molar-refractivity contribution is 7.84. The fourth-order valence-electron chi connectivity index (χ4n) is 1.84. The van der Waals surface area contributed by atoms with Crippen LogP contribution in [0.5, 0.6) is 0 Å². The Bertz CT molecular complexity index is 688. The molecule has 2 aromatic rings. The Labute approximate surface area is 118 Å². The van der Waals surface area contributed by atoms with Crippen molar-refractivity contribution in [3.63, 3.8) is 0 Å². The molecule has 0 saturated heterocycles. The quantitative estimate of drug-likeness (QED) is 0.687. The number of nitro groups is 1. The van der Waals surface area contributed by atoms with Gasteiger partial charge < -0.3 is 5.73 Å². The van der Waals surface area contributed by atoms with Crippen LogP contribution in [0.3, 0.4) is 0 Å². The Kier molecular flexibility index (Phi) is 4.09. The van der Waals surface area contributed by atoms with Gasteiger partial charge in [-0.25, -0.2) is 0 Å². The minimum Gasteiger partial charge on any atom is -0.396 e. The highest BCUT2D eigenvalue weighted by atomic mass is 32.2. The molecule has 0 radical (unpaired) electrons. The Balaban J connectivity index is 2.32. The summed E-state index contributed by atoms with van der Waals surface area (Å²) in [6.45, 7) is 1.65. The summed E-state index contributed by atoms with van der Waals surface area (Å²) in [6.07, 6.45) is 2.96. The predicted molar refractivity (Wildman–Crippen MR) is 76.6 cm³/mol. The van der Waals surface area contributed by atoms with Crippen LogP contribution in [0.2, 0.25) is 0 Å². The third-order valence-corrected chi connectivity index (χ3v) is 4.39. The lowest BCUT2D eigenvalue weighted by atomic mass is 10.1. The Morgan fingerprint density at radius 3 is 2.80 bits per heavy atom. The van der Waals surface area contributed by atoms with E-state index in [1.165, 1.54) is 18.5 Å². The number of benzene rings is 1. The minimum absolute atomic E-state index is 0.0298. The molecule has 0 aliphatic carbocycles. The van der Waals surface area contributed by atoms with Crippen LogP contribution in [0.25, 0.3) is 0 Å². The molecular formula is C13H13N3O3S. The molecule has 0 bridgehead atoms. The first-order valence-corrected chi connectivity index (χ1v) is 7.13. The second-order valence-electron chi connectivity index (χ2n) is 4.22. The van der Waals surface area contributed by atoms with Gasteiger partial charge in [0.2, 0.25) is 0 Å². The number of pyridine rings is 1. The van der Waals surface area contributed by atoms with Gasteiger partial charge in [0.25, 0.3) is 5.69 Å². The second kappa shape index (κ2) is 5.79. The molecule has 1 heterocycles. The van der Waals surface area contributed by atoms with E-state index >= 15 is 0 Å². The minimum atomic E-state index is -1.37. The summed E-state index contributed by atoms with van der Waals surface area (Å²) in [7, 11) is -1.37. The Hall–Kier alpha value is -2.28. The van der Waals surface area contributed by atoms with Crippen molar-refractivity contribution in [1.29, 1.82) is 0 Å². The number of nitrogen functional groups attached to an aromatic ring is 1. The molecule has 1 aromatic carbocycles. The predicted octanol–water partition coefficient (Wildman–Crippen LogP) is 2.19. The van der Waals surface area contributed by atoms with E-state index in [0.717, 1.165) is 0 Å². The molecule has 0 amide bonds. The van der Waals surface area contributed by atoms with Gasteiger partial charge in [0.05, 0.1) is 38.3 Å². The normalized spacial score (nSPS) is 12.1. The van der Waals surface area contributed by atoms with E-state index < -0.39 is 15.7 Å². The van der Waals surface area contributed by atoms with E-state index in [-0.39, 0.29) is 11.4 Å². The molecule has 6 nitrogen and oxygen atoms in total. The first kappa shape index (κ1) is 14.1. The average molecular weight is 291 g/mol. The van der Waals surface area contributed by atoms with Crippen molar-refractivity contribution in [2.24, 2.45) is 0 Å². The number of anilines is 1. The third kappa shape index (κ3) is 2.83. The van der Waals surface area contributed by atoms with Gasteiger partial charge in [-0.15, -0.1) is 0 Å². The summed E-state index contributed by atoms with van der Waals surface area (Å²) in [4.78, 5) is 14.8. The average Bonchev–Trinajstić information content (AvgIpc) is 2.41. The molecule has 0 saturated carbocycles. The largest absolute Gasteiger partial charge is 0.396 e. The number of hydrogen-bond acceptors (Lipinski definition) is 5. The lowest BCUT2D eigenvalue weighted by Gasteiger charge is -2.08. The van der Waals surface area contributed by atoms with E-state index in [9.17, 15) is 14.3 Å². The summed E-state index contributed by atoms with van der Waals surface area (Å²) in [6, 6.07) is 6.35. The molecule has 0 aliphatic heterocycles. The maximum atomic E-state index is 12.3. The van der Waals surface area contributed by atoms with Crippen LogP contribution < -0.4 is 5.73 Å². The summed E-state index contributed by atoms with van der Waals surface area (Å²) in [5, 5.41) is 10.9. The molecule has 1 aromatic heterocycles. The van der Waals surface area contributed by atoms with Gasteiger partial charge in [-0.2, -0.15) is 0 Å². The van der Waals surface area contributed by atoms with Crippen molar-refractivity contribution in [2.45, 2.75) is 17.6 Å². The summed E-state index contributed by atoms with van der Waals surface area (Å²) in [5.41, 5.74) is 7.31. The van der Waals surface area contributed by atoms with Crippen LogP contribution in [-0.2, 0) is 16.6 Å². The van der Waals surface area contributed by atoms with Crippen molar-refractivity contribution in [2.75, 3.05) is 5.73 Å². The van der Waals surface area contributed by atoms with Crippen LogP contribution in [0.4, 0.5) is 11.4 Å². The Morgan fingerprint density at radius 1 is 1.40 bits per heavy atom. The number of nitrogens with zero attached hydrogens (tertiary/aromatic N) is 2. The van der Waals surface area contributed by atoms with Crippen molar-refractivity contribution in [3.05, 3.63) is 57.9 Å². The van der Waals surface area contributed by atoms with E-state index in [1.807, 2.05) is 0 Å². The van der Waals surface area contributed by atoms with Gasteiger partial charge in [-0.05, 0) is 18.6 Å². The number of aromatic nitrogens is 1. The van der Waals surface area contributed by atoms with Crippen molar-refractivity contribution in [1.82, 2.24) is 4.98 Å². The summed E-state index contributed by atoms with van der Waals surface area (Å²) in [5.74, 6) is 0.182. The molecule has 2 rings (SSSR count). The summed E-state index contributed by atoms with van der Waals surface area (Å²) < 4.78 is 12.3. The third-order valence-electron chi connectivity index (χ3n) is 2.96. The topological polar surface area (TPSA) is 99.1 Å². The highest BCUT2D eigenvalue weighted by Crippen LogP contribution is 2.24. The summed E-state index contributed by atoms with van der Waals surface area (Å²) >= 11 is 0. The first-order valence-electron chi connectivity index (χ1n) is 5.81. The maximum absolute atomic E-state index is 12.3. The van der Waals surface area contributed by atoms with E-state index in [1.54, 1.807) is 25.1 Å². The smallest absolute Gasteiger partial charge is 0.272 e. The van der Waals surface area contributed by atoms with Gasteiger partial charge >= 0.3 is 0 Å². The molecule has 1 atom stereocenters. The van der Waals surface area contributed by atoms with Crippen LogP contribution in [0, 0.1) is 17.0 Å². The molecular weight excluding hydrogens is 278 g/mol. The molecule has 20 heavy (non-hydrogen) atoms. The number of rotatable bonds is 4. The van der Waals surface area contributed by atoms with Crippen molar-refractivity contribution < 1.29 is 9.13 Å². The maximum Gasteiger partial charge on any atom is 0.272 e. The van der Waals surface area contributed by atoms with Crippen molar-refractivity contribution >= 4 is 22.2 Å². The molecule has 0 fully saturated rings. The molecule has 2 N–H and O–H groups in total. The molecule has 104 valence electrons.